The SMILES string of the molecule is CCCN1CCN(C(=O)c2oc3ccccc3c2NC(=O)c2ccc(C)cc2)CC1. The molecule has 1 saturated heterocycles. The zero-order valence-electron chi connectivity index (χ0n) is 17.5. The molecule has 30 heavy (non-hydrogen) atoms. The molecule has 1 aliphatic heterocycles. The predicted octanol–water partition coefficient (Wildman–Crippen LogP) is 4.16. The molecule has 156 valence electrons. The highest BCUT2D eigenvalue weighted by Crippen LogP contribution is 2.32. The lowest BCUT2D eigenvalue weighted by atomic mass is 10.1. The Morgan fingerprint density at radius 2 is 1.70 bits per heavy atom. The molecule has 0 spiro atoms. The Hall–Kier alpha value is -3.12. The number of carbonyl (C=O) groups excluding carboxylic acids is 2. The van der Waals surface area contributed by atoms with Crippen molar-refractivity contribution in [1.82, 2.24) is 9.80 Å². The number of rotatable bonds is 5. The van der Waals surface area contributed by atoms with Gasteiger partial charge in [0.2, 0.25) is 5.76 Å². The summed E-state index contributed by atoms with van der Waals surface area (Å²) in [5, 5.41) is 3.66. The van der Waals surface area contributed by atoms with Gasteiger partial charge in [0.05, 0.1) is 0 Å². The number of anilines is 1. The van der Waals surface area contributed by atoms with E-state index >= 15 is 0 Å². The summed E-state index contributed by atoms with van der Waals surface area (Å²) in [6, 6.07) is 14.7. The summed E-state index contributed by atoms with van der Waals surface area (Å²) < 4.78 is 5.92. The Morgan fingerprint density at radius 3 is 2.40 bits per heavy atom. The Balaban J connectivity index is 1.61. The molecule has 0 atom stereocenters. The first kappa shape index (κ1) is 20.2. The number of piperazine rings is 1. The zero-order chi connectivity index (χ0) is 21.1. The number of benzene rings is 2. The van der Waals surface area contributed by atoms with Gasteiger partial charge in [0.1, 0.15) is 11.3 Å². The molecule has 0 saturated carbocycles. The molecule has 2 amide bonds. The fourth-order valence-electron chi connectivity index (χ4n) is 3.85. The third-order valence-corrected chi connectivity index (χ3v) is 5.54. The monoisotopic (exact) mass is 405 g/mol. The summed E-state index contributed by atoms with van der Waals surface area (Å²) in [6.45, 7) is 8.19. The van der Waals surface area contributed by atoms with Crippen LogP contribution in [0.1, 0.15) is 39.8 Å². The van der Waals surface area contributed by atoms with E-state index in [1.165, 1.54) is 0 Å². The van der Waals surface area contributed by atoms with Crippen LogP contribution in [0.15, 0.2) is 52.9 Å². The lowest BCUT2D eigenvalue weighted by Gasteiger charge is -2.34. The smallest absolute Gasteiger partial charge is 0.291 e. The summed E-state index contributed by atoms with van der Waals surface area (Å²) in [5.74, 6) is -0.245. The lowest BCUT2D eigenvalue weighted by Crippen LogP contribution is -2.48. The largest absolute Gasteiger partial charge is 0.449 e. The van der Waals surface area contributed by atoms with Crippen molar-refractivity contribution in [1.29, 1.82) is 0 Å². The first-order valence-electron chi connectivity index (χ1n) is 10.5. The van der Waals surface area contributed by atoms with Gasteiger partial charge in [-0.15, -0.1) is 0 Å². The molecule has 2 aromatic carbocycles. The summed E-state index contributed by atoms with van der Waals surface area (Å²) in [6.07, 6.45) is 1.10. The van der Waals surface area contributed by atoms with Crippen LogP contribution in [0.2, 0.25) is 0 Å². The van der Waals surface area contributed by atoms with Crippen LogP contribution in [0.5, 0.6) is 0 Å². The van der Waals surface area contributed by atoms with Gasteiger partial charge in [0.25, 0.3) is 11.8 Å². The normalized spacial score (nSPS) is 14.8. The number of nitrogens with zero attached hydrogens (tertiary/aromatic N) is 2. The van der Waals surface area contributed by atoms with Crippen LogP contribution < -0.4 is 5.32 Å². The van der Waals surface area contributed by atoms with E-state index in [2.05, 4.69) is 17.1 Å². The lowest BCUT2D eigenvalue weighted by molar-refractivity contribution is 0.0610. The van der Waals surface area contributed by atoms with Gasteiger partial charge in [0.15, 0.2) is 0 Å². The maximum Gasteiger partial charge on any atom is 0.291 e. The van der Waals surface area contributed by atoms with Crippen molar-refractivity contribution in [2.75, 3.05) is 38.0 Å². The van der Waals surface area contributed by atoms with Crippen LogP contribution in [0, 0.1) is 6.92 Å². The van der Waals surface area contributed by atoms with E-state index in [4.69, 9.17) is 4.42 Å². The van der Waals surface area contributed by atoms with Crippen molar-refractivity contribution >= 4 is 28.5 Å². The molecule has 1 aromatic heterocycles. The molecule has 4 rings (SSSR count). The van der Waals surface area contributed by atoms with Crippen LogP contribution in [0.25, 0.3) is 11.0 Å². The minimum absolute atomic E-state index is 0.179. The van der Waals surface area contributed by atoms with E-state index in [1.807, 2.05) is 48.2 Å². The number of furan rings is 1. The topological polar surface area (TPSA) is 65.8 Å². The minimum Gasteiger partial charge on any atom is -0.449 e. The van der Waals surface area contributed by atoms with Crippen LogP contribution in [0.3, 0.4) is 0 Å². The number of fused-ring (bicyclic) bond motifs is 1. The van der Waals surface area contributed by atoms with E-state index < -0.39 is 0 Å². The second kappa shape index (κ2) is 8.71. The van der Waals surface area contributed by atoms with Crippen LogP contribution in [-0.4, -0.2) is 54.3 Å². The van der Waals surface area contributed by atoms with Gasteiger partial charge in [-0.2, -0.15) is 0 Å². The molecule has 0 radical (unpaired) electrons. The molecule has 3 aromatic rings. The molecule has 0 bridgehead atoms. The Labute approximate surface area is 176 Å². The molecule has 2 heterocycles. The predicted molar refractivity (Wildman–Crippen MR) is 118 cm³/mol. The minimum atomic E-state index is -0.261. The molecular weight excluding hydrogens is 378 g/mol. The van der Waals surface area contributed by atoms with Crippen molar-refractivity contribution in [2.45, 2.75) is 20.3 Å². The van der Waals surface area contributed by atoms with E-state index in [0.29, 0.717) is 29.9 Å². The summed E-state index contributed by atoms with van der Waals surface area (Å²) >= 11 is 0. The quantitative estimate of drug-likeness (QED) is 0.692. The van der Waals surface area contributed by atoms with Crippen molar-refractivity contribution in [3.63, 3.8) is 0 Å². The Kier molecular flexibility index (Phi) is 5.86. The van der Waals surface area contributed by atoms with Gasteiger partial charge in [0, 0.05) is 37.1 Å². The van der Waals surface area contributed by atoms with Gasteiger partial charge in [-0.1, -0.05) is 36.8 Å². The maximum atomic E-state index is 13.3. The van der Waals surface area contributed by atoms with Gasteiger partial charge >= 0.3 is 0 Å². The molecule has 1 N–H and O–H groups in total. The van der Waals surface area contributed by atoms with Crippen molar-refractivity contribution in [3.8, 4) is 0 Å². The number of nitrogens with one attached hydrogen (secondary N) is 1. The fraction of sp³-hybridized carbons (Fsp3) is 0.333. The van der Waals surface area contributed by atoms with Gasteiger partial charge < -0.3 is 14.6 Å². The standard InChI is InChI=1S/C24H27N3O3/c1-3-12-26-13-15-27(16-14-26)24(29)22-21(19-6-4-5-7-20(19)30-22)25-23(28)18-10-8-17(2)9-11-18/h4-11H,3,12-16H2,1-2H3,(H,25,28). The molecular formula is C24H27N3O3. The molecule has 1 aliphatic rings. The Morgan fingerprint density at radius 1 is 1.00 bits per heavy atom. The van der Waals surface area contributed by atoms with Crippen molar-refractivity contribution in [2.24, 2.45) is 0 Å². The van der Waals surface area contributed by atoms with Crippen LogP contribution in [-0.2, 0) is 0 Å². The summed E-state index contributed by atoms with van der Waals surface area (Å²) in [7, 11) is 0. The van der Waals surface area contributed by atoms with Crippen LogP contribution in [0.4, 0.5) is 5.69 Å². The average molecular weight is 405 g/mol. The number of hydrogen-bond acceptors (Lipinski definition) is 4. The second-order valence-corrected chi connectivity index (χ2v) is 7.76. The third-order valence-electron chi connectivity index (χ3n) is 5.54. The summed E-state index contributed by atoms with van der Waals surface area (Å²) in [4.78, 5) is 30.3. The fourth-order valence-corrected chi connectivity index (χ4v) is 3.85. The highest BCUT2D eigenvalue weighted by Gasteiger charge is 2.28. The first-order chi connectivity index (χ1) is 14.6. The third kappa shape index (κ3) is 4.09. The maximum absolute atomic E-state index is 13.3. The van der Waals surface area contributed by atoms with E-state index in [0.717, 1.165) is 37.0 Å². The number of para-hydroxylation sites is 1. The summed E-state index contributed by atoms with van der Waals surface area (Å²) in [5.41, 5.74) is 2.65. The van der Waals surface area contributed by atoms with E-state index in [-0.39, 0.29) is 17.6 Å². The van der Waals surface area contributed by atoms with Crippen molar-refractivity contribution in [3.05, 3.63) is 65.4 Å². The average Bonchev–Trinajstić information content (AvgIpc) is 3.13. The number of carbonyl (C=O) groups is 2. The molecule has 1 fully saturated rings. The number of aryl methyl sites for hydroxylation is 1. The highest BCUT2D eigenvalue weighted by atomic mass is 16.3. The van der Waals surface area contributed by atoms with Crippen LogP contribution >= 0.6 is 0 Å². The van der Waals surface area contributed by atoms with Gasteiger partial charge in [-0.05, 0) is 44.2 Å². The molecule has 0 aliphatic carbocycles. The van der Waals surface area contributed by atoms with E-state index in [1.54, 1.807) is 12.1 Å². The van der Waals surface area contributed by atoms with Gasteiger partial charge in [-0.3, -0.25) is 14.5 Å². The number of hydrogen-bond donors (Lipinski definition) is 1. The number of amides is 2. The first-order valence-corrected chi connectivity index (χ1v) is 10.5. The van der Waals surface area contributed by atoms with Gasteiger partial charge in [-0.25, -0.2) is 0 Å². The van der Waals surface area contributed by atoms with Crippen molar-refractivity contribution < 1.29 is 14.0 Å². The molecule has 6 nitrogen and oxygen atoms in total. The highest BCUT2D eigenvalue weighted by molar-refractivity contribution is 6.14. The Bertz CT molecular complexity index is 1050. The second-order valence-electron chi connectivity index (χ2n) is 7.76. The van der Waals surface area contributed by atoms with E-state index in [9.17, 15) is 9.59 Å². The molecule has 0 unspecified atom stereocenters. The zero-order valence-corrected chi connectivity index (χ0v) is 17.5. The molecule has 6 heteroatoms.